The molecule has 1 heterocycles. The van der Waals surface area contributed by atoms with Gasteiger partial charge in [-0.25, -0.2) is 0 Å². The minimum atomic E-state index is -0.682. The molecule has 0 aliphatic heterocycles. The molecule has 2 rings (SSSR count). The van der Waals surface area contributed by atoms with Crippen molar-refractivity contribution in [3.8, 4) is 5.75 Å². The Morgan fingerprint density at radius 3 is 2.73 bits per heavy atom. The summed E-state index contributed by atoms with van der Waals surface area (Å²) in [5.74, 6) is -0.345. The SMILES string of the molecule is Nc1nc(NC(=O)COc2ccccc2)[nH]c(=O)c1NC=O. The van der Waals surface area contributed by atoms with E-state index >= 15 is 0 Å². The molecule has 9 nitrogen and oxygen atoms in total. The molecule has 0 saturated heterocycles. The zero-order chi connectivity index (χ0) is 15.9. The molecule has 2 aromatic rings. The van der Waals surface area contributed by atoms with Crippen molar-refractivity contribution in [2.45, 2.75) is 0 Å². The van der Waals surface area contributed by atoms with E-state index < -0.39 is 11.5 Å². The van der Waals surface area contributed by atoms with Gasteiger partial charge in [-0.05, 0) is 12.1 Å². The van der Waals surface area contributed by atoms with E-state index in [0.29, 0.717) is 12.2 Å². The maximum Gasteiger partial charge on any atom is 0.278 e. The molecule has 114 valence electrons. The molecule has 1 aromatic carbocycles. The highest BCUT2D eigenvalue weighted by atomic mass is 16.5. The molecule has 0 atom stereocenters. The molecule has 2 amide bonds. The molecule has 0 aliphatic carbocycles. The van der Waals surface area contributed by atoms with Crippen LogP contribution in [0.5, 0.6) is 5.75 Å². The Balaban J connectivity index is 2.00. The van der Waals surface area contributed by atoms with E-state index in [-0.39, 0.29) is 24.1 Å². The van der Waals surface area contributed by atoms with Crippen molar-refractivity contribution in [2.24, 2.45) is 0 Å². The number of rotatable bonds is 6. The number of hydrogen-bond donors (Lipinski definition) is 4. The predicted octanol–water partition coefficient (Wildman–Crippen LogP) is -0.0621. The largest absolute Gasteiger partial charge is 0.484 e. The summed E-state index contributed by atoms with van der Waals surface area (Å²) in [4.78, 5) is 39.7. The Hall–Kier alpha value is -3.36. The van der Waals surface area contributed by atoms with Crippen molar-refractivity contribution in [1.29, 1.82) is 0 Å². The van der Waals surface area contributed by atoms with Crippen LogP contribution in [0.3, 0.4) is 0 Å². The number of nitrogens with zero attached hydrogens (tertiary/aromatic N) is 1. The number of aromatic amines is 1. The molecule has 0 saturated carbocycles. The van der Waals surface area contributed by atoms with Crippen molar-refractivity contribution in [2.75, 3.05) is 23.0 Å². The number of nitrogen functional groups attached to an aromatic ring is 1. The van der Waals surface area contributed by atoms with Crippen molar-refractivity contribution in [3.05, 3.63) is 40.7 Å². The fourth-order valence-electron chi connectivity index (χ4n) is 1.58. The Kier molecular flexibility index (Phi) is 4.70. The molecule has 0 aliphatic rings. The quantitative estimate of drug-likeness (QED) is 0.551. The molecule has 1 aromatic heterocycles. The number of para-hydroxylation sites is 1. The lowest BCUT2D eigenvalue weighted by Crippen LogP contribution is -2.25. The fraction of sp³-hybridized carbons (Fsp3) is 0.0769. The standard InChI is InChI=1S/C13H13N5O4/c14-11-10(15-7-19)12(21)18-13(17-11)16-9(20)6-22-8-4-2-1-3-5-8/h1-5,7H,6H2,(H,15,19)(H4,14,16,17,18,20,21). The molecule has 22 heavy (non-hydrogen) atoms. The lowest BCUT2D eigenvalue weighted by atomic mass is 10.3. The topological polar surface area (TPSA) is 139 Å². The molecule has 9 heteroatoms. The van der Waals surface area contributed by atoms with Crippen LogP contribution in [-0.2, 0) is 9.59 Å². The van der Waals surface area contributed by atoms with Crippen LogP contribution in [0, 0.1) is 0 Å². The number of ether oxygens (including phenoxy) is 1. The van der Waals surface area contributed by atoms with Crippen molar-refractivity contribution >= 4 is 29.8 Å². The number of amides is 2. The molecule has 0 spiro atoms. The predicted molar refractivity (Wildman–Crippen MR) is 79.5 cm³/mol. The van der Waals surface area contributed by atoms with E-state index in [0.717, 1.165) is 0 Å². The Morgan fingerprint density at radius 2 is 2.09 bits per heavy atom. The van der Waals surface area contributed by atoms with Gasteiger partial charge in [-0.3, -0.25) is 24.7 Å². The van der Waals surface area contributed by atoms with Gasteiger partial charge in [0, 0.05) is 0 Å². The molecule has 0 bridgehead atoms. The van der Waals surface area contributed by atoms with Crippen LogP contribution in [0.25, 0.3) is 0 Å². The summed E-state index contributed by atoms with van der Waals surface area (Å²) in [5, 5.41) is 4.46. The maximum atomic E-state index is 11.7. The number of carbonyl (C=O) groups excluding carboxylic acids is 2. The summed E-state index contributed by atoms with van der Waals surface area (Å²) in [6.45, 7) is -0.262. The highest BCUT2D eigenvalue weighted by Crippen LogP contribution is 2.10. The van der Waals surface area contributed by atoms with Crippen LogP contribution in [0.1, 0.15) is 0 Å². The van der Waals surface area contributed by atoms with Gasteiger partial charge in [0.05, 0.1) is 0 Å². The lowest BCUT2D eigenvalue weighted by molar-refractivity contribution is -0.118. The number of hydrogen-bond acceptors (Lipinski definition) is 6. The molecule has 0 unspecified atom stereocenters. The third-order valence-electron chi connectivity index (χ3n) is 2.52. The van der Waals surface area contributed by atoms with Crippen molar-refractivity contribution in [3.63, 3.8) is 0 Å². The number of aromatic nitrogens is 2. The van der Waals surface area contributed by atoms with Crippen LogP contribution < -0.4 is 26.7 Å². The minimum Gasteiger partial charge on any atom is -0.484 e. The number of H-pyrrole nitrogens is 1. The smallest absolute Gasteiger partial charge is 0.278 e. The summed E-state index contributed by atoms with van der Waals surface area (Å²) >= 11 is 0. The Labute approximate surface area is 124 Å². The summed E-state index contributed by atoms with van der Waals surface area (Å²) in [7, 11) is 0. The maximum absolute atomic E-state index is 11.7. The van der Waals surface area contributed by atoms with Crippen LogP contribution in [0.4, 0.5) is 17.5 Å². The van der Waals surface area contributed by atoms with Crippen LogP contribution in [0.2, 0.25) is 0 Å². The van der Waals surface area contributed by atoms with E-state index in [4.69, 9.17) is 10.5 Å². The highest BCUT2D eigenvalue weighted by Gasteiger charge is 2.10. The fourth-order valence-corrected chi connectivity index (χ4v) is 1.58. The first-order valence-corrected chi connectivity index (χ1v) is 6.18. The van der Waals surface area contributed by atoms with Gasteiger partial charge >= 0.3 is 0 Å². The number of nitrogens with one attached hydrogen (secondary N) is 3. The van der Waals surface area contributed by atoms with Gasteiger partial charge in [-0.2, -0.15) is 4.98 Å². The third-order valence-corrected chi connectivity index (χ3v) is 2.52. The number of benzene rings is 1. The van der Waals surface area contributed by atoms with Crippen molar-refractivity contribution < 1.29 is 14.3 Å². The number of carbonyl (C=O) groups is 2. The van der Waals surface area contributed by atoms with Gasteiger partial charge in [0.1, 0.15) is 11.4 Å². The monoisotopic (exact) mass is 303 g/mol. The van der Waals surface area contributed by atoms with Gasteiger partial charge in [0.15, 0.2) is 12.4 Å². The van der Waals surface area contributed by atoms with E-state index in [2.05, 4.69) is 20.6 Å². The Bertz CT molecular complexity index is 729. The van der Waals surface area contributed by atoms with E-state index in [9.17, 15) is 14.4 Å². The molecule has 0 radical (unpaired) electrons. The summed E-state index contributed by atoms with van der Waals surface area (Å²) < 4.78 is 5.24. The van der Waals surface area contributed by atoms with Crippen LogP contribution >= 0.6 is 0 Å². The average molecular weight is 303 g/mol. The molecular weight excluding hydrogens is 290 g/mol. The zero-order valence-electron chi connectivity index (χ0n) is 11.3. The van der Waals surface area contributed by atoms with Gasteiger partial charge in [0.2, 0.25) is 12.4 Å². The van der Waals surface area contributed by atoms with Crippen molar-refractivity contribution in [1.82, 2.24) is 9.97 Å². The number of anilines is 3. The normalized spacial score (nSPS) is 9.82. The van der Waals surface area contributed by atoms with Crippen LogP contribution in [-0.4, -0.2) is 28.9 Å². The number of nitrogens with two attached hydrogens (primary N) is 1. The highest BCUT2D eigenvalue weighted by molar-refractivity contribution is 5.90. The first kappa shape index (κ1) is 15.0. The molecule has 0 fully saturated rings. The van der Waals surface area contributed by atoms with Crippen LogP contribution in [0.15, 0.2) is 35.1 Å². The third kappa shape index (κ3) is 3.82. The van der Waals surface area contributed by atoms with Gasteiger partial charge in [0.25, 0.3) is 11.5 Å². The second-order valence-electron chi connectivity index (χ2n) is 4.09. The zero-order valence-corrected chi connectivity index (χ0v) is 11.3. The van der Waals surface area contributed by atoms with Gasteiger partial charge in [-0.1, -0.05) is 18.2 Å². The molecule has 5 N–H and O–H groups in total. The first-order chi connectivity index (χ1) is 10.6. The van der Waals surface area contributed by atoms with E-state index in [1.54, 1.807) is 24.3 Å². The van der Waals surface area contributed by atoms with E-state index in [1.165, 1.54) is 0 Å². The summed E-state index contributed by atoms with van der Waals surface area (Å²) in [5.41, 5.74) is 4.65. The summed E-state index contributed by atoms with van der Waals surface area (Å²) in [6.07, 6.45) is 0.300. The minimum absolute atomic E-state index is 0.138. The second kappa shape index (κ2) is 6.88. The average Bonchev–Trinajstić information content (AvgIpc) is 2.50. The molecular formula is C13H13N5O4. The lowest BCUT2D eigenvalue weighted by Gasteiger charge is -2.08. The summed E-state index contributed by atoms with van der Waals surface area (Å²) in [6, 6.07) is 8.76. The van der Waals surface area contributed by atoms with Gasteiger partial charge < -0.3 is 15.8 Å². The Morgan fingerprint density at radius 1 is 1.36 bits per heavy atom. The van der Waals surface area contributed by atoms with Gasteiger partial charge in [-0.15, -0.1) is 0 Å². The second-order valence-corrected chi connectivity index (χ2v) is 4.09. The first-order valence-electron chi connectivity index (χ1n) is 6.18. The van der Waals surface area contributed by atoms with E-state index in [1.807, 2.05) is 6.07 Å².